The van der Waals surface area contributed by atoms with E-state index >= 15 is 0 Å². The number of ether oxygens (including phenoxy) is 1. The molecule has 30 heavy (non-hydrogen) atoms. The van der Waals surface area contributed by atoms with Gasteiger partial charge in [-0.2, -0.15) is 0 Å². The molecule has 0 N–H and O–H groups in total. The largest absolute Gasteiger partial charge is 0.465 e. The van der Waals surface area contributed by atoms with Gasteiger partial charge in [0.15, 0.2) is 0 Å². The lowest BCUT2D eigenvalue weighted by atomic mass is 9.96. The van der Waals surface area contributed by atoms with E-state index in [-0.39, 0.29) is 11.9 Å². The third-order valence-electron chi connectivity index (χ3n) is 6.53. The lowest BCUT2D eigenvalue weighted by molar-refractivity contribution is -0.148. The highest BCUT2D eigenvalue weighted by molar-refractivity contribution is 5.71. The first-order valence-corrected chi connectivity index (χ1v) is 13.8. The van der Waals surface area contributed by atoms with Crippen molar-refractivity contribution in [3.63, 3.8) is 0 Å². The van der Waals surface area contributed by atoms with Crippen molar-refractivity contribution in [1.29, 1.82) is 0 Å². The third kappa shape index (κ3) is 20.7. The molecule has 0 fully saturated rings. The van der Waals surface area contributed by atoms with Gasteiger partial charge in [0.25, 0.3) is 0 Å². The zero-order valence-electron chi connectivity index (χ0n) is 21.3. The van der Waals surface area contributed by atoms with Crippen LogP contribution in [0.1, 0.15) is 156 Å². The van der Waals surface area contributed by atoms with Crippen molar-refractivity contribution in [2.75, 3.05) is 6.61 Å². The minimum atomic E-state index is 0.0226. The molecule has 0 aliphatic carbocycles. The van der Waals surface area contributed by atoms with E-state index in [1.165, 1.54) is 109 Å². The van der Waals surface area contributed by atoms with Crippen molar-refractivity contribution in [3.05, 3.63) is 0 Å². The molecule has 0 spiro atoms. The van der Waals surface area contributed by atoms with Crippen molar-refractivity contribution in [1.82, 2.24) is 0 Å². The summed E-state index contributed by atoms with van der Waals surface area (Å²) in [6.45, 7) is 9.58. The molecule has 0 radical (unpaired) electrons. The maximum absolute atomic E-state index is 12.1. The van der Waals surface area contributed by atoms with Crippen LogP contribution in [-0.4, -0.2) is 12.6 Å². The Kier molecular flexibility index (Phi) is 22.7. The van der Waals surface area contributed by atoms with E-state index in [2.05, 4.69) is 20.8 Å². The zero-order valence-corrected chi connectivity index (χ0v) is 21.3. The van der Waals surface area contributed by atoms with E-state index in [0.717, 1.165) is 25.2 Å². The SMILES string of the molecule is CCCCCCCCCCCCCCOC(=O)C(C)CCCCCC(C)CCCC. The molecule has 180 valence electrons. The Labute approximate surface area is 190 Å². The molecule has 0 saturated carbocycles. The molecular weight excluding hydrogens is 368 g/mol. The van der Waals surface area contributed by atoms with Gasteiger partial charge in [-0.3, -0.25) is 4.79 Å². The molecule has 0 amide bonds. The molecule has 2 atom stereocenters. The first-order chi connectivity index (χ1) is 14.6. The molecule has 0 bridgehead atoms. The molecule has 0 saturated heterocycles. The van der Waals surface area contributed by atoms with Crippen molar-refractivity contribution < 1.29 is 9.53 Å². The van der Waals surface area contributed by atoms with Gasteiger partial charge < -0.3 is 4.74 Å². The van der Waals surface area contributed by atoms with Gasteiger partial charge in [0.05, 0.1) is 12.5 Å². The van der Waals surface area contributed by atoms with Crippen LogP contribution in [0, 0.1) is 11.8 Å². The average molecular weight is 425 g/mol. The van der Waals surface area contributed by atoms with Crippen molar-refractivity contribution >= 4 is 5.97 Å². The van der Waals surface area contributed by atoms with E-state index < -0.39 is 0 Å². The molecular formula is C28H56O2. The Bertz CT molecular complexity index is 353. The maximum atomic E-state index is 12.1. The van der Waals surface area contributed by atoms with Crippen LogP contribution >= 0.6 is 0 Å². The molecule has 0 aliphatic heterocycles. The molecule has 0 aromatic heterocycles. The molecule has 0 heterocycles. The van der Waals surface area contributed by atoms with Crippen molar-refractivity contribution in [2.24, 2.45) is 11.8 Å². The van der Waals surface area contributed by atoms with Crippen molar-refractivity contribution in [2.45, 2.75) is 156 Å². The Morgan fingerprint density at radius 1 is 0.567 bits per heavy atom. The Morgan fingerprint density at radius 3 is 1.57 bits per heavy atom. The van der Waals surface area contributed by atoms with E-state index in [1.807, 2.05) is 6.92 Å². The summed E-state index contributed by atoms with van der Waals surface area (Å²) in [5.41, 5.74) is 0. The van der Waals surface area contributed by atoms with Crippen LogP contribution in [-0.2, 0) is 9.53 Å². The zero-order chi connectivity index (χ0) is 22.3. The number of unbranched alkanes of at least 4 members (excludes halogenated alkanes) is 14. The molecule has 0 aliphatic rings. The predicted molar refractivity (Wildman–Crippen MR) is 133 cm³/mol. The van der Waals surface area contributed by atoms with E-state index in [9.17, 15) is 4.79 Å². The smallest absolute Gasteiger partial charge is 0.308 e. The summed E-state index contributed by atoms with van der Waals surface area (Å²) in [5.74, 6) is 0.956. The third-order valence-corrected chi connectivity index (χ3v) is 6.53. The lowest BCUT2D eigenvalue weighted by Gasteiger charge is -2.12. The van der Waals surface area contributed by atoms with Gasteiger partial charge in [-0.15, -0.1) is 0 Å². The van der Waals surface area contributed by atoms with Gasteiger partial charge in [-0.25, -0.2) is 0 Å². The van der Waals surface area contributed by atoms with Gasteiger partial charge in [-0.1, -0.05) is 143 Å². The summed E-state index contributed by atoms with van der Waals surface area (Å²) in [5, 5.41) is 0. The molecule has 2 unspecified atom stereocenters. The number of rotatable bonds is 23. The quantitative estimate of drug-likeness (QED) is 0.120. The van der Waals surface area contributed by atoms with E-state index in [4.69, 9.17) is 4.74 Å². The summed E-state index contributed by atoms with van der Waals surface area (Å²) < 4.78 is 5.50. The normalized spacial score (nSPS) is 13.3. The Balaban J connectivity index is 3.37. The van der Waals surface area contributed by atoms with Crippen LogP contribution in [0.15, 0.2) is 0 Å². The van der Waals surface area contributed by atoms with Crippen molar-refractivity contribution in [3.8, 4) is 0 Å². The van der Waals surface area contributed by atoms with Gasteiger partial charge in [-0.05, 0) is 18.8 Å². The van der Waals surface area contributed by atoms with E-state index in [1.54, 1.807) is 0 Å². The summed E-state index contributed by atoms with van der Waals surface area (Å²) in [4.78, 5) is 12.1. The van der Waals surface area contributed by atoms with E-state index in [0.29, 0.717) is 6.61 Å². The van der Waals surface area contributed by atoms with Crippen LogP contribution in [0.2, 0.25) is 0 Å². The van der Waals surface area contributed by atoms with Gasteiger partial charge >= 0.3 is 5.97 Å². The molecule has 0 rings (SSSR count). The summed E-state index contributed by atoms with van der Waals surface area (Å²) in [6.07, 6.45) is 26.2. The fraction of sp³-hybridized carbons (Fsp3) is 0.964. The minimum absolute atomic E-state index is 0.0226. The second-order valence-corrected chi connectivity index (χ2v) is 9.84. The van der Waals surface area contributed by atoms with Crippen LogP contribution < -0.4 is 0 Å². The van der Waals surface area contributed by atoms with Crippen LogP contribution in [0.5, 0.6) is 0 Å². The highest BCUT2D eigenvalue weighted by atomic mass is 16.5. The highest BCUT2D eigenvalue weighted by Gasteiger charge is 2.13. The number of hydrogen-bond donors (Lipinski definition) is 0. The van der Waals surface area contributed by atoms with Gasteiger partial charge in [0, 0.05) is 0 Å². The average Bonchev–Trinajstić information content (AvgIpc) is 2.74. The second-order valence-electron chi connectivity index (χ2n) is 9.84. The first-order valence-electron chi connectivity index (χ1n) is 13.8. The summed E-state index contributed by atoms with van der Waals surface area (Å²) >= 11 is 0. The number of carbonyl (C=O) groups is 1. The van der Waals surface area contributed by atoms with Gasteiger partial charge in [0.2, 0.25) is 0 Å². The standard InChI is InChI=1S/C28H56O2/c1-5-7-9-10-11-12-13-14-15-16-17-21-25-30-28(29)27(4)24-20-18-19-23-26(3)22-8-6-2/h26-27H,5-25H2,1-4H3. The Morgan fingerprint density at radius 2 is 1.00 bits per heavy atom. The molecule has 2 heteroatoms. The number of carbonyl (C=O) groups excluding carboxylic acids is 1. The van der Waals surface area contributed by atoms with Crippen LogP contribution in [0.3, 0.4) is 0 Å². The van der Waals surface area contributed by atoms with Gasteiger partial charge in [0.1, 0.15) is 0 Å². The topological polar surface area (TPSA) is 26.3 Å². The van der Waals surface area contributed by atoms with Crippen LogP contribution in [0.25, 0.3) is 0 Å². The monoisotopic (exact) mass is 424 g/mol. The Hall–Kier alpha value is -0.530. The fourth-order valence-corrected chi connectivity index (χ4v) is 4.19. The summed E-state index contributed by atoms with van der Waals surface area (Å²) in [7, 11) is 0. The highest BCUT2D eigenvalue weighted by Crippen LogP contribution is 2.18. The number of esters is 1. The predicted octanol–water partition coefficient (Wildman–Crippen LogP) is 9.64. The van der Waals surface area contributed by atoms with Crippen LogP contribution in [0.4, 0.5) is 0 Å². The fourth-order valence-electron chi connectivity index (χ4n) is 4.19. The lowest BCUT2D eigenvalue weighted by Crippen LogP contribution is -2.15. The first kappa shape index (κ1) is 29.5. The minimum Gasteiger partial charge on any atom is -0.465 e. The maximum Gasteiger partial charge on any atom is 0.308 e. The molecule has 2 nitrogen and oxygen atoms in total. The number of hydrogen-bond acceptors (Lipinski definition) is 2. The molecule has 0 aromatic carbocycles. The summed E-state index contributed by atoms with van der Waals surface area (Å²) in [6, 6.07) is 0. The second kappa shape index (κ2) is 23.1. The molecule has 0 aromatic rings.